The summed E-state index contributed by atoms with van der Waals surface area (Å²) in [6.45, 7) is 2.07. The Hall–Kier alpha value is -0.0500. The maximum absolute atomic E-state index is 5.92. The number of hydrogen-bond acceptors (Lipinski definition) is 2. The lowest BCUT2D eigenvalue weighted by molar-refractivity contribution is 1.62. The number of halogens is 1. The Labute approximate surface area is 72.1 Å². The van der Waals surface area contributed by atoms with Crippen LogP contribution in [0.1, 0.15) is 5.56 Å². The van der Waals surface area contributed by atoms with Gasteiger partial charge in [-0.15, -0.1) is 22.7 Å². The van der Waals surface area contributed by atoms with Gasteiger partial charge in [-0.1, -0.05) is 11.6 Å². The van der Waals surface area contributed by atoms with Crippen molar-refractivity contribution >= 4 is 43.7 Å². The summed E-state index contributed by atoms with van der Waals surface area (Å²) in [5, 5.41) is 2.10. The highest BCUT2D eigenvalue weighted by Gasteiger charge is 2.05. The normalized spacial score (nSPS) is 11.0. The molecule has 2 aromatic heterocycles. The van der Waals surface area contributed by atoms with Crippen molar-refractivity contribution in [2.45, 2.75) is 6.92 Å². The van der Waals surface area contributed by atoms with Crippen LogP contribution in [-0.4, -0.2) is 0 Å². The molecular weight excluding hydrogens is 184 g/mol. The highest BCUT2D eigenvalue weighted by Crippen LogP contribution is 2.37. The molecule has 2 rings (SSSR count). The van der Waals surface area contributed by atoms with Gasteiger partial charge in [0.2, 0.25) is 0 Å². The van der Waals surface area contributed by atoms with Crippen LogP contribution in [0.2, 0.25) is 4.34 Å². The molecule has 0 nitrogen and oxygen atoms in total. The van der Waals surface area contributed by atoms with E-state index in [-0.39, 0.29) is 0 Å². The SMILES string of the molecule is Cc1c(Cl)sc2ccsc12. The van der Waals surface area contributed by atoms with Gasteiger partial charge in [-0.25, -0.2) is 0 Å². The first-order chi connectivity index (χ1) is 4.79. The second-order valence-electron chi connectivity index (χ2n) is 2.11. The fraction of sp³-hybridized carbons (Fsp3) is 0.143. The third kappa shape index (κ3) is 0.797. The van der Waals surface area contributed by atoms with Crippen molar-refractivity contribution < 1.29 is 0 Å². The largest absolute Gasteiger partial charge is 0.143 e. The van der Waals surface area contributed by atoms with Crippen molar-refractivity contribution in [1.29, 1.82) is 0 Å². The molecule has 52 valence electrons. The van der Waals surface area contributed by atoms with Crippen LogP contribution in [0.3, 0.4) is 0 Å². The number of fused-ring (bicyclic) bond motifs is 1. The van der Waals surface area contributed by atoms with Crippen LogP contribution in [0.5, 0.6) is 0 Å². The summed E-state index contributed by atoms with van der Waals surface area (Å²) >= 11 is 9.34. The molecule has 3 heteroatoms. The third-order valence-electron chi connectivity index (χ3n) is 1.46. The summed E-state index contributed by atoms with van der Waals surface area (Å²) in [4.78, 5) is 0. The van der Waals surface area contributed by atoms with E-state index in [2.05, 4.69) is 18.4 Å². The Kier molecular flexibility index (Phi) is 1.48. The molecule has 0 amide bonds. The summed E-state index contributed by atoms with van der Waals surface area (Å²) in [7, 11) is 0. The quantitative estimate of drug-likeness (QED) is 0.588. The van der Waals surface area contributed by atoms with Crippen molar-refractivity contribution in [2.24, 2.45) is 0 Å². The average molecular weight is 189 g/mol. The molecule has 0 spiro atoms. The van der Waals surface area contributed by atoms with Crippen LogP contribution in [0.25, 0.3) is 9.40 Å². The van der Waals surface area contributed by atoms with Gasteiger partial charge in [0.25, 0.3) is 0 Å². The maximum Gasteiger partial charge on any atom is 0.0978 e. The van der Waals surface area contributed by atoms with E-state index >= 15 is 0 Å². The molecule has 2 heterocycles. The predicted octanol–water partition coefficient (Wildman–Crippen LogP) is 3.92. The molecule has 0 unspecified atom stereocenters. The van der Waals surface area contributed by atoms with Gasteiger partial charge >= 0.3 is 0 Å². The lowest BCUT2D eigenvalue weighted by atomic mass is 10.4. The van der Waals surface area contributed by atoms with E-state index in [4.69, 9.17) is 11.6 Å². The summed E-state index contributed by atoms with van der Waals surface area (Å²) in [6, 6.07) is 2.11. The molecule has 0 radical (unpaired) electrons. The van der Waals surface area contributed by atoms with E-state index in [0.717, 1.165) is 4.34 Å². The van der Waals surface area contributed by atoms with Gasteiger partial charge in [0.15, 0.2) is 0 Å². The molecule has 0 aromatic carbocycles. The predicted molar refractivity (Wildman–Crippen MR) is 49.4 cm³/mol. The van der Waals surface area contributed by atoms with Crippen molar-refractivity contribution in [3.05, 3.63) is 21.3 Å². The van der Waals surface area contributed by atoms with Gasteiger partial charge in [-0.05, 0) is 23.9 Å². The molecule has 10 heavy (non-hydrogen) atoms. The lowest BCUT2D eigenvalue weighted by Crippen LogP contribution is -1.58. The van der Waals surface area contributed by atoms with Crippen molar-refractivity contribution in [3.63, 3.8) is 0 Å². The summed E-state index contributed by atoms with van der Waals surface area (Å²) in [5.74, 6) is 0. The number of aryl methyl sites for hydroxylation is 1. The molecule has 0 N–H and O–H groups in total. The van der Waals surface area contributed by atoms with Crippen molar-refractivity contribution in [2.75, 3.05) is 0 Å². The highest BCUT2D eigenvalue weighted by molar-refractivity contribution is 7.29. The Balaban J connectivity index is 2.95. The van der Waals surface area contributed by atoms with E-state index in [0.29, 0.717) is 0 Å². The minimum atomic E-state index is 0.932. The maximum atomic E-state index is 5.92. The Morgan fingerprint density at radius 2 is 2.30 bits per heavy atom. The van der Waals surface area contributed by atoms with Gasteiger partial charge in [0.05, 0.1) is 4.34 Å². The number of hydrogen-bond donors (Lipinski definition) is 0. The molecule has 2 aromatic rings. The minimum Gasteiger partial charge on any atom is -0.143 e. The van der Waals surface area contributed by atoms with E-state index in [1.54, 1.807) is 22.7 Å². The summed E-state index contributed by atoms with van der Waals surface area (Å²) in [5.41, 5.74) is 1.23. The number of rotatable bonds is 0. The van der Waals surface area contributed by atoms with Gasteiger partial charge < -0.3 is 0 Å². The zero-order valence-electron chi connectivity index (χ0n) is 5.35. The fourth-order valence-corrected chi connectivity index (χ4v) is 3.37. The molecule has 0 aliphatic rings. The Bertz CT molecular complexity index is 358. The third-order valence-corrected chi connectivity index (χ3v) is 4.19. The standard InChI is InChI=1S/C7H5ClS2/c1-4-6-5(2-3-9-6)10-7(4)8/h2-3H,1H3. The zero-order valence-corrected chi connectivity index (χ0v) is 7.74. The fourth-order valence-electron chi connectivity index (χ4n) is 0.914. The Morgan fingerprint density at radius 3 is 3.00 bits per heavy atom. The van der Waals surface area contributed by atoms with Crippen molar-refractivity contribution in [3.8, 4) is 0 Å². The molecule has 0 atom stereocenters. The van der Waals surface area contributed by atoms with Gasteiger partial charge in [-0.2, -0.15) is 0 Å². The topological polar surface area (TPSA) is 0 Å². The second-order valence-corrected chi connectivity index (χ2v) is 4.69. The first-order valence-corrected chi connectivity index (χ1v) is 4.98. The van der Waals surface area contributed by atoms with E-state index in [1.165, 1.54) is 15.0 Å². The van der Waals surface area contributed by atoms with Crippen LogP contribution in [-0.2, 0) is 0 Å². The smallest absolute Gasteiger partial charge is 0.0978 e. The highest BCUT2D eigenvalue weighted by atomic mass is 35.5. The van der Waals surface area contributed by atoms with Gasteiger partial charge in [0, 0.05) is 9.40 Å². The molecule has 0 bridgehead atoms. The van der Waals surface area contributed by atoms with E-state index in [1.807, 2.05) is 0 Å². The summed E-state index contributed by atoms with van der Waals surface area (Å²) < 4.78 is 3.59. The molecule has 0 saturated carbocycles. The lowest BCUT2D eigenvalue weighted by Gasteiger charge is -1.81. The van der Waals surface area contributed by atoms with Crippen LogP contribution in [0, 0.1) is 6.92 Å². The second kappa shape index (κ2) is 2.22. The zero-order chi connectivity index (χ0) is 7.14. The first-order valence-electron chi connectivity index (χ1n) is 2.91. The summed E-state index contributed by atoms with van der Waals surface area (Å²) in [6.07, 6.45) is 0. The van der Waals surface area contributed by atoms with Crippen LogP contribution >= 0.6 is 34.3 Å². The molecule has 0 saturated heterocycles. The monoisotopic (exact) mass is 188 g/mol. The molecular formula is C7H5ClS2. The molecule has 0 aliphatic carbocycles. The Morgan fingerprint density at radius 1 is 1.50 bits per heavy atom. The van der Waals surface area contributed by atoms with Gasteiger partial charge in [0.1, 0.15) is 0 Å². The van der Waals surface area contributed by atoms with E-state index in [9.17, 15) is 0 Å². The van der Waals surface area contributed by atoms with E-state index < -0.39 is 0 Å². The van der Waals surface area contributed by atoms with Gasteiger partial charge in [-0.3, -0.25) is 0 Å². The molecule has 0 fully saturated rings. The van der Waals surface area contributed by atoms with Crippen molar-refractivity contribution in [1.82, 2.24) is 0 Å². The minimum absolute atomic E-state index is 0.932. The first kappa shape index (κ1) is 6.65. The molecule has 0 aliphatic heterocycles. The van der Waals surface area contributed by atoms with Crippen LogP contribution in [0.15, 0.2) is 11.4 Å². The number of thiophene rings is 2. The van der Waals surface area contributed by atoms with Crippen LogP contribution < -0.4 is 0 Å². The van der Waals surface area contributed by atoms with Crippen LogP contribution in [0.4, 0.5) is 0 Å². The average Bonchev–Trinajstić information content (AvgIpc) is 2.41.